The molecule has 7 nitrogen and oxygen atoms in total. The van der Waals surface area contributed by atoms with E-state index in [1.54, 1.807) is 14.1 Å². The Morgan fingerprint density at radius 1 is 1.41 bits per heavy atom. The lowest BCUT2D eigenvalue weighted by Crippen LogP contribution is -2.43. The summed E-state index contributed by atoms with van der Waals surface area (Å²) >= 11 is 0. The normalized spacial score (nSPS) is 16.4. The lowest BCUT2D eigenvalue weighted by Gasteiger charge is -2.30. The Morgan fingerprint density at radius 3 is 2.55 bits per heavy atom. The van der Waals surface area contributed by atoms with Crippen LogP contribution in [0, 0.1) is 0 Å². The van der Waals surface area contributed by atoms with Crippen molar-refractivity contribution in [3.8, 4) is 0 Å². The van der Waals surface area contributed by atoms with Gasteiger partial charge in [-0.1, -0.05) is 0 Å². The molecule has 2 rings (SSSR count). The molecule has 1 aliphatic heterocycles. The van der Waals surface area contributed by atoms with E-state index in [9.17, 15) is 13.2 Å². The van der Waals surface area contributed by atoms with Crippen molar-refractivity contribution in [3.05, 3.63) is 18.0 Å². The van der Waals surface area contributed by atoms with Gasteiger partial charge in [-0.25, -0.2) is 8.42 Å². The summed E-state index contributed by atoms with van der Waals surface area (Å²) in [6, 6.07) is 1.42. The first kappa shape index (κ1) is 19.0. The summed E-state index contributed by atoms with van der Waals surface area (Å²) < 4.78 is 28.3. The molecule has 0 unspecified atom stereocenters. The van der Waals surface area contributed by atoms with Crippen LogP contribution in [0.5, 0.6) is 0 Å². The number of sulfonamides is 1. The fourth-order valence-corrected chi connectivity index (χ4v) is 4.05. The summed E-state index contributed by atoms with van der Waals surface area (Å²) in [6.45, 7) is 1.64. The molecule has 0 atom stereocenters. The number of aryl methyl sites for hydroxylation is 1. The third-order valence-electron chi connectivity index (χ3n) is 3.94. The molecule has 1 amide bonds. The van der Waals surface area contributed by atoms with Gasteiger partial charge in [-0.3, -0.25) is 4.79 Å². The molecule has 1 saturated heterocycles. The van der Waals surface area contributed by atoms with Gasteiger partial charge in [0.2, 0.25) is 10.0 Å². The fraction of sp³-hybridized carbons (Fsp3) is 0.615. The van der Waals surface area contributed by atoms with E-state index < -0.39 is 10.0 Å². The summed E-state index contributed by atoms with van der Waals surface area (Å²) in [5.41, 5.74) is 0.329. The third-order valence-corrected chi connectivity index (χ3v) is 5.81. The second kappa shape index (κ2) is 7.45. The van der Waals surface area contributed by atoms with Gasteiger partial charge in [-0.05, 0) is 32.0 Å². The molecule has 2 N–H and O–H groups in total. The van der Waals surface area contributed by atoms with Crippen molar-refractivity contribution in [2.24, 2.45) is 7.05 Å². The molecule has 0 spiro atoms. The predicted molar refractivity (Wildman–Crippen MR) is 86.9 cm³/mol. The Labute approximate surface area is 137 Å². The van der Waals surface area contributed by atoms with Crippen LogP contribution in [0.25, 0.3) is 0 Å². The van der Waals surface area contributed by atoms with Gasteiger partial charge in [-0.15, -0.1) is 12.4 Å². The van der Waals surface area contributed by atoms with Crippen LogP contribution in [0.4, 0.5) is 0 Å². The Kier molecular flexibility index (Phi) is 6.42. The number of hydrogen-bond acceptors (Lipinski definition) is 4. The molecule has 0 aromatic carbocycles. The van der Waals surface area contributed by atoms with Crippen molar-refractivity contribution >= 4 is 28.3 Å². The van der Waals surface area contributed by atoms with Crippen LogP contribution in [-0.4, -0.2) is 56.4 Å². The summed E-state index contributed by atoms with van der Waals surface area (Å²) in [6.07, 6.45) is 3.08. The maximum Gasteiger partial charge on any atom is 0.267 e. The number of amides is 1. The zero-order valence-electron chi connectivity index (χ0n) is 13.0. The van der Waals surface area contributed by atoms with Crippen molar-refractivity contribution < 1.29 is 13.2 Å². The lowest BCUT2D eigenvalue weighted by atomic mass is 10.1. The highest BCUT2D eigenvalue weighted by Crippen LogP contribution is 2.22. The minimum atomic E-state index is -3.58. The molecule has 0 radical (unpaired) electrons. The van der Waals surface area contributed by atoms with Crippen LogP contribution in [0.3, 0.4) is 0 Å². The number of carbonyl (C=O) groups excluding carboxylic acids is 1. The molecule has 9 heteroatoms. The molecule has 126 valence electrons. The van der Waals surface area contributed by atoms with Crippen molar-refractivity contribution in [2.75, 3.05) is 27.2 Å². The average molecular weight is 351 g/mol. The number of piperidine rings is 1. The van der Waals surface area contributed by atoms with Crippen LogP contribution in [0.15, 0.2) is 17.2 Å². The van der Waals surface area contributed by atoms with Crippen molar-refractivity contribution in [3.63, 3.8) is 0 Å². The van der Waals surface area contributed by atoms with Gasteiger partial charge in [0, 0.05) is 33.4 Å². The van der Waals surface area contributed by atoms with E-state index in [-0.39, 0.29) is 29.3 Å². The summed E-state index contributed by atoms with van der Waals surface area (Å²) in [5, 5.41) is 5.72. The molecule has 0 bridgehead atoms. The van der Waals surface area contributed by atoms with Gasteiger partial charge in [0.1, 0.15) is 10.6 Å². The summed E-state index contributed by atoms with van der Waals surface area (Å²) in [5.74, 6) is -0.302. The first-order valence-electron chi connectivity index (χ1n) is 6.95. The number of rotatable bonds is 4. The van der Waals surface area contributed by atoms with Crippen LogP contribution in [0.1, 0.15) is 23.3 Å². The molecule has 0 aliphatic carbocycles. The van der Waals surface area contributed by atoms with Crippen LogP contribution >= 0.6 is 12.4 Å². The number of hydrogen-bond donors (Lipinski definition) is 2. The standard InChI is InChI=1S/C13H22N4O3S.ClH/c1-14-13(18)12-8-11(9-16(12)2)21(19,20)17(3)10-4-6-15-7-5-10;/h8-10,15H,4-7H2,1-3H3,(H,14,18);1H. The maximum atomic E-state index is 12.7. The largest absolute Gasteiger partial charge is 0.354 e. The van der Waals surface area contributed by atoms with E-state index in [0.29, 0.717) is 5.69 Å². The Bertz CT molecular complexity index is 623. The van der Waals surface area contributed by atoms with E-state index in [2.05, 4.69) is 10.6 Å². The van der Waals surface area contributed by atoms with E-state index >= 15 is 0 Å². The van der Waals surface area contributed by atoms with E-state index in [1.165, 1.54) is 28.2 Å². The number of nitrogens with zero attached hydrogens (tertiary/aromatic N) is 2. The first-order valence-corrected chi connectivity index (χ1v) is 8.39. The van der Waals surface area contributed by atoms with Gasteiger partial charge in [0.05, 0.1) is 0 Å². The summed E-state index contributed by atoms with van der Waals surface area (Å²) in [4.78, 5) is 11.9. The molecule has 1 aromatic heterocycles. The molecule has 1 aliphatic rings. The Hall–Kier alpha value is -1.09. The minimum Gasteiger partial charge on any atom is -0.354 e. The minimum absolute atomic E-state index is 0. The molecule has 1 fully saturated rings. The first-order chi connectivity index (χ1) is 9.87. The highest BCUT2D eigenvalue weighted by molar-refractivity contribution is 7.89. The number of carbonyl (C=O) groups is 1. The fourth-order valence-electron chi connectivity index (χ4n) is 2.56. The van der Waals surface area contributed by atoms with Crippen LogP contribution in [0.2, 0.25) is 0 Å². The zero-order chi connectivity index (χ0) is 15.6. The van der Waals surface area contributed by atoms with Crippen molar-refractivity contribution in [1.82, 2.24) is 19.5 Å². The molecule has 22 heavy (non-hydrogen) atoms. The zero-order valence-corrected chi connectivity index (χ0v) is 14.6. The second-order valence-electron chi connectivity index (χ2n) is 5.25. The molecule has 2 heterocycles. The number of halogens is 1. The predicted octanol–water partition coefficient (Wildman–Crippen LogP) is 0.179. The summed E-state index contributed by atoms with van der Waals surface area (Å²) in [7, 11) is 1.21. The van der Waals surface area contributed by atoms with Gasteiger partial charge >= 0.3 is 0 Å². The molecular weight excluding hydrogens is 328 g/mol. The van der Waals surface area contributed by atoms with E-state index in [0.717, 1.165) is 25.9 Å². The highest BCUT2D eigenvalue weighted by Gasteiger charge is 2.30. The quantitative estimate of drug-likeness (QED) is 0.811. The topological polar surface area (TPSA) is 83.4 Å². The van der Waals surface area contributed by atoms with Crippen molar-refractivity contribution in [2.45, 2.75) is 23.8 Å². The SMILES string of the molecule is CNC(=O)c1cc(S(=O)(=O)N(C)C2CCNCC2)cn1C.Cl. The number of nitrogens with one attached hydrogen (secondary N) is 2. The maximum absolute atomic E-state index is 12.7. The van der Waals surface area contributed by atoms with Gasteiger partial charge in [0.25, 0.3) is 5.91 Å². The van der Waals surface area contributed by atoms with Crippen LogP contribution < -0.4 is 10.6 Å². The van der Waals surface area contributed by atoms with E-state index in [1.807, 2.05) is 0 Å². The average Bonchev–Trinajstić information content (AvgIpc) is 2.89. The Balaban J connectivity index is 0.00000242. The monoisotopic (exact) mass is 350 g/mol. The molecular formula is C13H23ClN4O3S. The highest BCUT2D eigenvalue weighted by atomic mass is 35.5. The Morgan fingerprint density at radius 2 is 2.00 bits per heavy atom. The van der Waals surface area contributed by atoms with Crippen LogP contribution in [-0.2, 0) is 17.1 Å². The van der Waals surface area contributed by atoms with Gasteiger partial charge in [-0.2, -0.15) is 4.31 Å². The van der Waals surface area contributed by atoms with Gasteiger partial charge in [0.15, 0.2) is 0 Å². The molecule has 1 aromatic rings. The third kappa shape index (κ3) is 3.62. The second-order valence-corrected chi connectivity index (χ2v) is 7.25. The molecule has 0 saturated carbocycles. The number of aromatic nitrogens is 1. The van der Waals surface area contributed by atoms with Gasteiger partial charge < -0.3 is 15.2 Å². The van der Waals surface area contributed by atoms with E-state index in [4.69, 9.17) is 0 Å². The lowest BCUT2D eigenvalue weighted by molar-refractivity contribution is 0.0955. The smallest absolute Gasteiger partial charge is 0.267 e. The van der Waals surface area contributed by atoms with Crippen molar-refractivity contribution in [1.29, 1.82) is 0 Å².